The van der Waals surface area contributed by atoms with Crippen LogP contribution in [0.1, 0.15) is 16.9 Å². The van der Waals surface area contributed by atoms with Crippen LogP contribution in [0.3, 0.4) is 0 Å². The summed E-state index contributed by atoms with van der Waals surface area (Å²) < 4.78 is 14.3. The zero-order valence-electron chi connectivity index (χ0n) is 17.5. The molecular weight excluding hydrogens is 460 g/mol. The second-order valence-corrected chi connectivity index (χ2v) is 8.28. The second-order valence-electron chi connectivity index (χ2n) is 7.37. The van der Waals surface area contributed by atoms with Crippen molar-refractivity contribution in [2.75, 3.05) is 11.9 Å². The number of aromatic nitrogens is 3. The summed E-state index contributed by atoms with van der Waals surface area (Å²) in [4.78, 5) is 2.01. The third kappa shape index (κ3) is 4.65. The number of hydrogen-bond donors (Lipinski definition) is 1. The minimum absolute atomic E-state index is 0.155. The number of rotatable bonds is 7. The molecule has 0 amide bonds. The summed E-state index contributed by atoms with van der Waals surface area (Å²) in [5.41, 5.74) is 2.97. The van der Waals surface area contributed by atoms with Gasteiger partial charge < -0.3 is 19.2 Å². The highest BCUT2D eigenvalue weighted by atomic mass is 79.9. The molecule has 2 aromatic carbocycles. The molecule has 4 rings (SSSR count). The van der Waals surface area contributed by atoms with Crippen LogP contribution in [0.2, 0.25) is 0 Å². The van der Waals surface area contributed by atoms with Crippen molar-refractivity contribution >= 4 is 21.9 Å². The van der Waals surface area contributed by atoms with Crippen molar-refractivity contribution in [1.29, 1.82) is 0 Å². The van der Waals surface area contributed by atoms with E-state index in [2.05, 4.69) is 26.1 Å². The highest BCUT2D eigenvalue weighted by Gasteiger charge is 2.18. The Hall–Kier alpha value is -3.10. The van der Waals surface area contributed by atoms with Gasteiger partial charge in [-0.15, -0.1) is 10.2 Å². The molecule has 7 nitrogen and oxygen atoms in total. The van der Waals surface area contributed by atoms with E-state index in [4.69, 9.17) is 9.15 Å². The predicted molar refractivity (Wildman–Crippen MR) is 122 cm³/mol. The molecule has 0 aliphatic rings. The molecule has 0 spiro atoms. The molecule has 0 aliphatic heterocycles. The lowest BCUT2D eigenvalue weighted by Gasteiger charge is -2.20. The Morgan fingerprint density at radius 2 is 1.90 bits per heavy atom. The van der Waals surface area contributed by atoms with Crippen LogP contribution in [-0.2, 0) is 20.2 Å². The first-order chi connectivity index (χ1) is 14.9. The fourth-order valence-electron chi connectivity index (χ4n) is 3.30. The summed E-state index contributed by atoms with van der Waals surface area (Å²) in [6.07, 6.45) is 1.57. The van der Waals surface area contributed by atoms with Gasteiger partial charge in [0.25, 0.3) is 0 Å². The van der Waals surface area contributed by atoms with Crippen LogP contribution in [0.25, 0.3) is 11.4 Å². The van der Waals surface area contributed by atoms with Gasteiger partial charge in [0.2, 0.25) is 5.95 Å². The van der Waals surface area contributed by atoms with E-state index in [1.165, 1.54) is 5.56 Å². The molecule has 4 aromatic rings. The molecule has 0 atom stereocenters. The van der Waals surface area contributed by atoms with Gasteiger partial charge in [-0.05, 0) is 37.3 Å². The lowest BCUT2D eigenvalue weighted by molar-refractivity contribution is 0.247. The molecule has 2 heterocycles. The zero-order valence-corrected chi connectivity index (χ0v) is 19.1. The molecule has 31 heavy (non-hydrogen) atoms. The SMILES string of the molecule is Cc1ccc(Oc2cc(Br)ccc2CN(C)c2nnc(-c3coc(CO)c3)n2C)cc1. The van der Waals surface area contributed by atoms with Gasteiger partial charge in [0.1, 0.15) is 30.1 Å². The van der Waals surface area contributed by atoms with Crippen LogP contribution in [-0.4, -0.2) is 26.9 Å². The van der Waals surface area contributed by atoms with E-state index in [0.717, 1.165) is 27.1 Å². The summed E-state index contributed by atoms with van der Waals surface area (Å²) >= 11 is 3.53. The van der Waals surface area contributed by atoms with Crippen LogP contribution in [0.5, 0.6) is 11.5 Å². The summed E-state index contributed by atoms with van der Waals surface area (Å²) in [7, 11) is 3.86. The van der Waals surface area contributed by atoms with E-state index < -0.39 is 0 Å². The highest BCUT2D eigenvalue weighted by molar-refractivity contribution is 9.10. The fourth-order valence-corrected chi connectivity index (χ4v) is 3.64. The van der Waals surface area contributed by atoms with Crippen LogP contribution in [0, 0.1) is 6.92 Å². The first kappa shape index (κ1) is 21.1. The minimum atomic E-state index is -0.155. The van der Waals surface area contributed by atoms with Crippen LogP contribution in [0.4, 0.5) is 5.95 Å². The number of furan rings is 1. The third-order valence-corrected chi connectivity index (χ3v) is 5.44. The van der Waals surface area contributed by atoms with Crippen LogP contribution < -0.4 is 9.64 Å². The minimum Gasteiger partial charge on any atom is -0.466 e. The summed E-state index contributed by atoms with van der Waals surface area (Å²) in [5, 5.41) is 17.9. The Morgan fingerprint density at radius 3 is 2.61 bits per heavy atom. The maximum atomic E-state index is 9.23. The molecule has 0 radical (unpaired) electrons. The smallest absolute Gasteiger partial charge is 0.227 e. The molecule has 0 unspecified atom stereocenters. The predicted octanol–water partition coefficient (Wildman–Crippen LogP) is 5.07. The van der Waals surface area contributed by atoms with Crippen molar-refractivity contribution in [2.24, 2.45) is 7.05 Å². The first-order valence-corrected chi connectivity index (χ1v) is 10.6. The average Bonchev–Trinajstić information content (AvgIpc) is 3.38. The van der Waals surface area contributed by atoms with Gasteiger partial charge in [-0.25, -0.2) is 0 Å². The van der Waals surface area contributed by atoms with Crippen LogP contribution >= 0.6 is 15.9 Å². The summed E-state index contributed by atoms with van der Waals surface area (Å²) in [5.74, 6) is 3.41. The van der Waals surface area contributed by atoms with Crippen molar-refractivity contribution in [2.45, 2.75) is 20.1 Å². The highest BCUT2D eigenvalue weighted by Crippen LogP contribution is 2.31. The maximum absolute atomic E-state index is 9.23. The van der Waals surface area contributed by atoms with Crippen LogP contribution in [0.15, 0.2) is 63.7 Å². The Labute approximate surface area is 189 Å². The van der Waals surface area contributed by atoms with E-state index >= 15 is 0 Å². The lowest BCUT2D eigenvalue weighted by Crippen LogP contribution is -2.20. The number of hydrogen-bond acceptors (Lipinski definition) is 6. The molecule has 1 N–H and O–H groups in total. The van der Waals surface area contributed by atoms with Gasteiger partial charge in [0.05, 0.1) is 5.56 Å². The summed E-state index contributed by atoms with van der Waals surface area (Å²) in [6.45, 7) is 2.47. The molecular formula is C23H23BrN4O3. The van der Waals surface area contributed by atoms with E-state index in [1.807, 2.05) is 73.0 Å². The Bertz CT molecular complexity index is 1180. The molecule has 0 aliphatic carbocycles. The number of ether oxygens (including phenoxy) is 1. The van der Waals surface area contributed by atoms with Crippen molar-refractivity contribution < 1.29 is 14.3 Å². The molecule has 0 saturated carbocycles. The van der Waals surface area contributed by atoms with E-state index in [1.54, 1.807) is 12.3 Å². The number of aliphatic hydroxyl groups excluding tert-OH is 1. The fraction of sp³-hybridized carbons (Fsp3) is 0.217. The number of halogens is 1. The standard InChI is InChI=1S/C23H23BrN4O3/c1-15-4-8-19(9-5-15)31-21-11-18(24)7-6-16(21)12-27(2)23-26-25-22(28(23)3)17-10-20(13-29)30-14-17/h4-11,14,29H,12-13H2,1-3H3. The van der Waals surface area contributed by atoms with Gasteiger partial charge in [0.15, 0.2) is 5.82 Å². The van der Waals surface area contributed by atoms with Gasteiger partial charge in [-0.3, -0.25) is 4.57 Å². The van der Waals surface area contributed by atoms with Gasteiger partial charge in [-0.1, -0.05) is 39.7 Å². The Morgan fingerprint density at radius 1 is 1.13 bits per heavy atom. The number of benzene rings is 2. The molecule has 8 heteroatoms. The average molecular weight is 483 g/mol. The monoisotopic (exact) mass is 482 g/mol. The van der Waals surface area contributed by atoms with Gasteiger partial charge in [0, 0.05) is 30.7 Å². The lowest BCUT2D eigenvalue weighted by atomic mass is 10.2. The Kier molecular flexibility index (Phi) is 6.11. The van der Waals surface area contributed by atoms with Crippen molar-refractivity contribution in [1.82, 2.24) is 14.8 Å². The molecule has 160 valence electrons. The number of nitrogens with zero attached hydrogens (tertiary/aromatic N) is 4. The molecule has 0 saturated heterocycles. The quantitative estimate of drug-likeness (QED) is 0.396. The normalized spacial score (nSPS) is 11.0. The molecule has 0 bridgehead atoms. The van der Waals surface area contributed by atoms with Crippen molar-refractivity contribution in [3.63, 3.8) is 0 Å². The van der Waals surface area contributed by atoms with Gasteiger partial charge in [-0.2, -0.15) is 0 Å². The Balaban J connectivity index is 1.57. The number of anilines is 1. The van der Waals surface area contributed by atoms with E-state index in [-0.39, 0.29) is 6.61 Å². The van der Waals surface area contributed by atoms with Crippen molar-refractivity contribution in [3.8, 4) is 22.9 Å². The van der Waals surface area contributed by atoms with Crippen molar-refractivity contribution in [3.05, 3.63) is 76.2 Å². The summed E-state index contributed by atoms with van der Waals surface area (Å²) in [6, 6.07) is 15.7. The first-order valence-electron chi connectivity index (χ1n) is 9.76. The molecule has 0 fully saturated rings. The second kappa shape index (κ2) is 8.95. The largest absolute Gasteiger partial charge is 0.466 e. The number of aliphatic hydroxyl groups is 1. The third-order valence-electron chi connectivity index (χ3n) is 4.95. The molecule has 2 aromatic heterocycles. The topological polar surface area (TPSA) is 76.6 Å². The van der Waals surface area contributed by atoms with E-state index in [0.29, 0.717) is 24.1 Å². The number of aryl methyl sites for hydroxylation is 1. The van der Waals surface area contributed by atoms with E-state index in [9.17, 15) is 5.11 Å². The zero-order chi connectivity index (χ0) is 22.0. The van der Waals surface area contributed by atoms with Gasteiger partial charge >= 0.3 is 0 Å². The maximum Gasteiger partial charge on any atom is 0.227 e.